The molecule has 2 aromatic carbocycles. The Morgan fingerprint density at radius 2 is 1.96 bits per heavy atom. The molecule has 2 heterocycles. The van der Waals surface area contributed by atoms with Crippen molar-refractivity contribution in [2.75, 3.05) is 13.1 Å². The van der Waals surface area contributed by atoms with E-state index in [4.69, 9.17) is 14.6 Å². The van der Waals surface area contributed by atoms with E-state index in [1.807, 2.05) is 30.3 Å². The first-order chi connectivity index (χ1) is 12.9. The monoisotopic (exact) mass is 389 g/mol. The normalized spacial score (nSPS) is 22.2. The minimum atomic E-state index is -3.67. The molecule has 2 atom stereocenters. The van der Waals surface area contributed by atoms with Crippen LogP contribution in [0.4, 0.5) is 0 Å². The van der Waals surface area contributed by atoms with E-state index in [2.05, 4.69) is 0 Å². The van der Waals surface area contributed by atoms with E-state index in [-0.39, 0.29) is 24.0 Å². The highest BCUT2D eigenvalue weighted by Crippen LogP contribution is 2.33. The fourth-order valence-corrected chi connectivity index (χ4v) is 4.91. The van der Waals surface area contributed by atoms with Crippen molar-refractivity contribution in [1.82, 2.24) is 4.31 Å². The summed E-state index contributed by atoms with van der Waals surface area (Å²) in [6.07, 6.45) is -0.387. The number of rotatable bonds is 5. The summed E-state index contributed by atoms with van der Waals surface area (Å²) in [5.74, 6) is 0.0836. The van der Waals surface area contributed by atoms with Gasteiger partial charge in [-0.3, -0.25) is 0 Å². The SMILES string of the molecule is O=C(O)C1Cc2cc(S(=O)(=O)N3CC[C@@H](Oc4ccccc4)C3)ccc2O1. The third-order valence-corrected chi connectivity index (χ3v) is 6.63. The van der Waals surface area contributed by atoms with Crippen LogP contribution in [0.2, 0.25) is 0 Å². The van der Waals surface area contributed by atoms with Gasteiger partial charge in [0.15, 0.2) is 6.10 Å². The van der Waals surface area contributed by atoms with Crippen molar-refractivity contribution in [3.8, 4) is 11.5 Å². The molecular formula is C19H19NO6S. The standard InChI is InChI=1S/C19H19NO6S/c21-19(22)18-11-13-10-16(6-7-17(13)26-18)27(23,24)20-9-8-15(12-20)25-14-4-2-1-3-5-14/h1-7,10,15,18H,8-9,11-12H2,(H,21,22)/t15-,18?/m1/s1. The Kier molecular flexibility index (Phi) is 4.53. The van der Waals surface area contributed by atoms with Gasteiger partial charge in [0.05, 0.1) is 11.4 Å². The summed E-state index contributed by atoms with van der Waals surface area (Å²) in [5.41, 5.74) is 0.597. The van der Waals surface area contributed by atoms with Crippen molar-refractivity contribution in [2.45, 2.75) is 29.9 Å². The van der Waals surface area contributed by atoms with E-state index in [1.165, 1.54) is 22.5 Å². The lowest BCUT2D eigenvalue weighted by Crippen LogP contribution is -2.31. The summed E-state index contributed by atoms with van der Waals surface area (Å²) in [5, 5.41) is 9.07. The summed E-state index contributed by atoms with van der Waals surface area (Å²) in [7, 11) is -3.67. The first-order valence-corrected chi connectivity index (χ1v) is 10.1. The second-order valence-corrected chi connectivity index (χ2v) is 8.56. The zero-order valence-corrected chi connectivity index (χ0v) is 15.3. The molecule has 2 aromatic rings. The van der Waals surface area contributed by atoms with Gasteiger partial charge >= 0.3 is 5.97 Å². The van der Waals surface area contributed by atoms with Crippen molar-refractivity contribution >= 4 is 16.0 Å². The fourth-order valence-electron chi connectivity index (χ4n) is 3.38. The average Bonchev–Trinajstić information content (AvgIpc) is 3.29. The number of hydrogen-bond acceptors (Lipinski definition) is 5. The van der Waals surface area contributed by atoms with Gasteiger partial charge in [-0.1, -0.05) is 18.2 Å². The molecule has 27 heavy (non-hydrogen) atoms. The average molecular weight is 389 g/mol. The van der Waals surface area contributed by atoms with Crippen LogP contribution in [-0.4, -0.2) is 49.1 Å². The van der Waals surface area contributed by atoms with Gasteiger partial charge in [0.25, 0.3) is 0 Å². The van der Waals surface area contributed by atoms with Crippen molar-refractivity contribution in [1.29, 1.82) is 0 Å². The lowest BCUT2D eigenvalue weighted by Gasteiger charge is -2.17. The number of hydrogen-bond donors (Lipinski definition) is 1. The number of benzene rings is 2. The maximum atomic E-state index is 13.0. The number of carbonyl (C=O) groups is 1. The number of fused-ring (bicyclic) bond motifs is 1. The number of ether oxygens (including phenoxy) is 2. The molecule has 1 unspecified atom stereocenters. The van der Waals surface area contributed by atoms with Crippen LogP contribution < -0.4 is 9.47 Å². The summed E-state index contributed by atoms with van der Waals surface area (Å²) >= 11 is 0. The van der Waals surface area contributed by atoms with Crippen LogP contribution in [0.25, 0.3) is 0 Å². The van der Waals surface area contributed by atoms with Crippen LogP contribution in [0.3, 0.4) is 0 Å². The molecule has 0 saturated carbocycles. The highest BCUT2D eigenvalue weighted by molar-refractivity contribution is 7.89. The second kappa shape index (κ2) is 6.86. The molecule has 0 radical (unpaired) electrons. The van der Waals surface area contributed by atoms with Gasteiger partial charge in [-0.15, -0.1) is 0 Å². The summed E-state index contributed by atoms with van der Waals surface area (Å²) in [4.78, 5) is 11.2. The Balaban J connectivity index is 1.48. The molecule has 7 nitrogen and oxygen atoms in total. The summed E-state index contributed by atoms with van der Waals surface area (Å²) < 4.78 is 38.5. The Labute approximate surface area is 157 Å². The summed E-state index contributed by atoms with van der Waals surface area (Å²) in [6, 6.07) is 13.8. The first-order valence-electron chi connectivity index (χ1n) is 8.68. The quantitative estimate of drug-likeness (QED) is 0.840. The Bertz CT molecular complexity index is 959. The lowest BCUT2D eigenvalue weighted by molar-refractivity contribution is -0.144. The largest absolute Gasteiger partial charge is 0.489 e. The molecule has 8 heteroatoms. The lowest BCUT2D eigenvalue weighted by atomic mass is 10.1. The van der Waals surface area contributed by atoms with E-state index in [9.17, 15) is 13.2 Å². The smallest absolute Gasteiger partial charge is 0.345 e. The van der Waals surface area contributed by atoms with E-state index in [0.29, 0.717) is 24.3 Å². The third-order valence-electron chi connectivity index (χ3n) is 4.77. The molecule has 4 rings (SSSR count). The van der Waals surface area contributed by atoms with Crippen LogP contribution in [0, 0.1) is 0 Å². The number of carboxylic acid groups (broad SMARTS) is 1. The molecule has 1 saturated heterocycles. The zero-order valence-electron chi connectivity index (χ0n) is 14.4. The van der Waals surface area contributed by atoms with Gasteiger partial charge in [0, 0.05) is 13.0 Å². The van der Waals surface area contributed by atoms with Crippen LogP contribution in [0.15, 0.2) is 53.4 Å². The molecule has 0 spiro atoms. The van der Waals surface area contributed by atoms with E-state index in [0.717, 1.165) is 5.75 Å². The summed E-state index contributed by atoms with van der Waals surface area (Å²) in [6.45, 7) is 0.660. The molecule has 2 aliphatic rings. The van der Waals surface area contributed by atoms with Crippen molar-refractivity contribution in [3.63, 3.8) is 0 Å². The van der Waals surface area contributed by atoms with Crippen molar-refractivity contribution < 1.29 is 27.8 Å². The molecular weight excluding hydrogens is 370 g/mol. The number of nitrogens with zero attached hydrogens (tertiary/aromatic N) is 1. The Morgan fingerprint density at radius 1 is 1.19 bits per heavy atom. The highest BCUT2D eigenvalue weighted by Gasteiger charge is 2.35. The van der Waals surface area contributed by atoms with Crippen LogP contribution >= 0.6 is 0 Å². The molecule has 0 aliphatic carbocycles. The van der Waals surface area contributed by atoms with Crippen molar-refractivity contribution in [3.05, 3.63) is 54.1 Å². The molecule has 1 fully saturated rings. The highest BCUT2D eigenvalue weighted by atomic mass is 32.2. The predicted molar refractivity (Wildman–Crippen MR) is 96.4 cm³/mol. The number of para-hydroxylation sites is 1. The van der Waals surface area contributed by atoms with Crippen LogP contribution in [0.5, 0.6) is 11.5 Å². The number of aliphatic carboxylic acids is 1. The molecule has 0 aromatic heterocycles. The molecule has 0 bridgehead atoms. The topological polar surface area (TPSA) is 93.1 Å². The minimum absolute atomic E-state index is 0.149. The Hall–Kier alpha value is -2.58. The molecule has 2 aliphatic heterocycles. The van der Waals surface area contributed by atoms with Crippen LogP contribution in [-0.2, 0) is 21.2 Å². The van der Waals surface area contributed by atoms with Gasteiger partial charge in [-0.2, -0.15) is 4.31 Å². The van der Waals surface area contributed by atoms with Crippen molar-refractivity contribution in [2.24, 2.45) is 0 Å². The first kappa shape index (κ1) is 17.8. The number of carboxylic acids is 1. The van der Waals surface area contributed by atoms with Gasteiger partial charge in [0.2, 0.25) is 10.0 Å². The van der Waals surface area contributed by atoms with E-state index < -0.39 is 22.1 Å². The Morgan fingerprint density at radius 3 is 2.70 bits per heavy atom. The third kappa shape index (κ3) is 3.50. The number of sulfonamides is 1. The van der Waals surface area contributed by atoms with Crippen LogP contribution in [0.1, 0.15) is 12.0 Å². The molecule has 0 amide bonds. The van der Waals surface area contributed by atoms with Gasteiger partial charge < -0.3 is 14.6 Å². The van der Waals surface area contributed by atoms with E-state index >= 15 is 0 Å². The molecule has 142 valence electrons. The van der Waals surface area contributed by atoms with Gasteiger partial charge in [-0.05, 0) is 42.3 Å². The second-order valence-electron chi connectivity index (χ2n) is 6.62. The van der Waals surface area contributed by atoms with E-state index in [1.54, 1.807) is 0 Å². The zero-order chi connectivity index (χ0) is 19.0. The van der Waals surface area contributed by atoms with Gasteiger partial charge in [0.1, 0.15) is 17.6 Å². The minimum Gasteiger partial charge on any atom is -0.489 e. The van der Waals surface area contributed by atoms with Gasteiger partial charge in [-0.25, -0.2) is 13.2 Å². The molecule has 1 N–H and O–H groups in total. The maximum Gasteiger partial charge on any atom is 0.345 e. The maximum absolute atomic E-state index is 13.0. The fraction of sp³-hybridized carbons (Fsp3) is 0.316. The predicted octanol–water partition coefficient (Wildman–Crippen LogP) is 1.92.